The highest BCUT2D eigenvalue weighted by atomic mass is 16.1. The maximum Gasteiger partial charge on any atom is 0.158 e. The number of hydrogen-bond donors (Lipinski definition) is 0. The van der Waals surface area contributed by atoms with Crippen LogP contribution in [-0.4, -0.2) is 5.78 Å². The van der Waals surface area contributed by atoms with E-state index in [1.54, 1.807) is 6.08 Å². The average molecular weight is 122 g/mol. The summed E-state index contributed by atoms with van der Waals surface area (Å²) < 4.78 is 0. The van der Waals surface area contributed by atoms with Gasteiger partial charge in [0.25, 0.3) is 0 Å². The topological polar surface area (TPSA) is 17.1 Å². The van der Waals surface area contributed by atoms with E-state index in [9.17, 15) is 4.79 Å². The lowest BCUT2D eigenvalue weighted by Gasteiger charge is -1.86. The predicted octanol–water partition coefficient (Wildman–Crippen LogP) is 1.85. The molecular weight excluding hydrogens is 112 g/mol. The van der Waals surface area contributed by atoms with E-state index in [0.29, 0.717) is 5.78 Å². The average Bonchev–Trinajstić information content (AvgIpc) is 2.18. The second kappa shape index (κ2) is 2.62. The molecule has 9 heavy (non-hydrogen) atoms. The Balaban J connectivity index is 2.69. The van der Waals surface area contributed by atoms with Crippen LogP contribution in [0.5, 0.6) is 0 Å². The number of Topliss-reactive ketones (excluding diaryl/α,β-unsaturated/α-hetero) is 1. The van der Waals surface area contributed by atoms with Crippen molar-refractivity contribution in [2.75, 3.05) is 0 Å². The Hall–Kier alpha value is -0.850. The first kappa shape index (κ1) is 6.27. The van der Waals surface area contributed by atoms with Gasteiger partial charge >= 0.3 is 0 Å². The highest BCUT2D eigenvalue weighted by Gasteiger charge is 2.14. The second-order valence-electron chi connectivity index (χ2n) is 2.20. The predicted molar refractivity (Wildman–Crippen MR) is 37.1 cm³/mol. The zero-order chi connectivity index (χ0) is 6.69. The number of hydrogen-bond acceptors (Lipinski definition) is 1. The Morgan fingerprint density at radius 1 is 1.44 bits per heavy atom. The van der Waals surface area contributed by atoms with Crippen LogP contribution in [0.1, 0.15) is 19.3 Å². The first-order chi connectivity index (χ1) is 4.34. The van der Waals surface area contributed by atoms with E-state index in [1.165, 1.54) is 0 Å². The third-order valence-electron chi connectivity index (χ3n) is 1.53. The molecule has 0 saturated heterocycles. The van der Waals surface area contributed by atoms with Crippen LogP contribution in [0.3, 0.4) is 0 Å². The molecule has 0 atom stereocenters. The Labute approximate surface area is 55.1 Å². The van der Waals surface area contributed by atoms with Crippen molar-refractivity contribution in [3.63, 3.8) is 0 Å². The van der Waals surface area contributed by atoms with Crippen molar-refractivity contribution in [2.24, 2.45) is 0 Å². The van der Waals surface area contributed by atoms with Gasteiger partial charge in [0, 0.05) is 6.42 Å². The van der Waals surface area contributed by atoms with Crippen molar-refractivity contribution in [1.82, 2.24) is 0 Å². The van der Waals surface area contributed by atoms with E-state index < -0.39 is 0 Å². The van der Waals surface area contributed by atoms with Crippen molar-refractivity contribution >= 4 is 5.78 Å². The molecule has 1 rings (SSSR count). The molecule has 0 aliphatic heterocycles. The Morgan fingerprint density at radius 3 is 2.67 bits per heavy atom. The molecule has 0 unspecified atom stereocenters. The molecule has 48 valence electrons. The zero-order valence-corrected chi connectivity index (χ0v) is 5.39. The van der Waals surface area contributed by atoms with E-state index in [4.69, 9.17) is 0 Å². The van der Waals surface area contributed by atoms with E-state index in [2.05, 4.69) is 6.58 Å². The molecular formula is C8H10O. The highest BCUT2D eigenvalue weighted by molar-refractivity contribution is 5.97. The molecule has 1 fully saturated rings. The molecule has 0 spiro atoms. The van der Waals surface area contributed by atoms with Crippen LogP contribution in [0.25, 0.3) is 0 Å². The standard InChI is InChI=1S/C8H10O/c1-2-4-7-5-3-6-8(7)9/h2,4H,1,3,5-6H2/b7-4+. The van der Waals surface area contributed by atoms with E-state index in [-0.39, 0.29) is 0 Å². The van der Waals surface area contributed by atoms with Gasteiger partial charge in [0.15, 0.2) is 5.78 Å². The van der Waals surface area contributed by atoms with Crippen LogP contribution in [-0.2, 0) is 4.79 Å². The van der Waals surface area contributed by atoms with Gasteiger partial charge in [-0.25, -0.2) is 0 Å². The molecule has 0 amide bonds. The van der Waals surface area contributed by atoms with Gasteiger partial charge in [0.05, 0.1) is 0 Å². The summed E-state index contributed by atoms with van der Waals surface area (Å²) in [6, 6.07) is 0. The normalized spacial score (nSPS) is 23.1. The van der Waals surface area contributed by atoms with E-state index >= 15 is 0 Å². The number of carbonyl (C=O) groups is 1. The van der Waals surface area contributed by atoms with E-state index in [0.717, 1.165) is 24.8 Å². The molecule has 1 aliphatic carbocycles. The van der Waals surface area contributed by atoms with Gasteiger partial charge in [-0.05, 0) is 18.4 Å². The first-order valence-corrected chi connectivity index (χ1v) is 3.19. The SMILES string of the molecule is C=C/C=C1\CCCC1=O. The van der Waals surface area contributed by atoms with Gasteiger partial charge in [-0.3, -0.25) is 4.79 Å². The number of rotatable bonds is 1. The number of ketones is 1. The van der Waals surface area contributed by atoms with Crippen LogP contribution >= 0.6 is 0 Å². The van der Waals surface area contributed by atoms with Crippen molar-refractivity contribution in [2.45, 2.75) is 19.3 Å². The van der Waals surface area contributed by atoms with Gasteiger partial charge in [-0.1, -0.05) is 18.7 Å². The lowest BCUT2D eigenvalue weighted by atomic mass is 10.2. The minimum absolute atomic E-state index is 0.301. The molecule has 0 aromatic rings. The summed E-state index contributed by atoms with van der Waals surface area (Å²) >= 11 is 0. The third kappa shape index (κ3) is 1.28. The quantitative estimate of drug-likeness (QED) is 0.485. The van der Waals surface area contributed by atoms with Gasteiger partial charge < -0.3 is 0 Å². The minimum Gasteiger partial charge on any atom is -0.295 e. The molecule has 1 saturated carbocycles. The molecule has 0 radical (unpaired) electrons. The van der Waals surface area contributed by atoms with Crippen molar-refractivity contribution in [1.29, 1.82) is 0 Å². The monoisotopic (exact) mass is 122 g/mol. The minimum atomic E-state index is 0.301. The summed E-state index contributed by atoms with van der Waals surface area (Å²) in [5, 5.41) is 0. The van der Waals surface area contributed by atoms with Crippen molar-refractivity contribution in [3.05, 3.63) is 24.3 Å². The van der Waals surface area contributed by atoms with Crippen LogP contribution < -0.4 is 0 Å². The zero-order valence-electron chi connectivity index (χ0n) is 5.39. The second-order valence-corrected chi connectivity index (χ2v) is 2.20. The summed E-state index contributed by atoms with van der Waals surface area (Å²) in [7, 11) is 0. The van der Waals surface area contributed by atoms with Crippen LogP contribution in [0.15, 0.2) is 24.3 Å². The largest absolute Gasteiger partial charge is 0.295 e. The van der Waals surface area contributed by atoms with Gasteiger partial charge in [-0.2, -0.15) is 0 Å². The fraction of sp³-hybridized carbons (Fsp3) is 0.375. The van der Waals surface area contributed by atoms with Gasteiger partial charge in [-0.15, -0.1) is 0 Å². The molecule has 0 aromatic carbocycles. The molecule has 0 N–H and O–H groups in total. The molecule has 1 aliphatic rings. The molecule has 1 heteroatoms. The summed E-state index contributed by atoms with van der Waals surface area (Å²) in [6.45, 7) is 3.53. The van der Waals surface area contributed by atoms with Crippen molar-refractivity contribution < 1.29 is 4.79 Å². The Bertz CT molecular complexity index is 165. The molecule has 0 bridgehead atoms. The third-order valence-corrected chi connectivity index (χ3v) is 1.53. The summed E-state index contributed by atoms with van der Waals surface area (Å²) in [4.78, 5) is 10.8. The fourth-order valence-electron chi connectivity index (χ4n) is 1.06. The van der Waals surface area contributed by atoms with Gasteiger partial charge in [0.1, 0.15) is 0 Å². The maximum absolute atomic E-state index is 10.8. The lowest BCUT2D eigenvalue weighted by molar-refractivity contribution is -0.114. The number of allylic oxidation sites excluding steroid dienone is 3. The van der Waals surface area contributed by atoms with Crippen molar-refractivity contribution in [3.8, 4) is 0 Å². The van der Waals surface area contributed by atoms with Crippen LogP contribution in [0, 0.1) is 0 Å². The number of carbonyl (C=O) groups excluding carboxylic acids is 1. The Kier molecular flexibility index (Phi) is 1.83. The summed E-state index contributed by atoms with van der Waals surface area (Å²) in [5.41, 5.74) is 0.949. The molecule has 0 heterocycles. The molecule has 0 aromatic heterocycles. The summed E-state index contributed by atoms with van der Waals surface area (Å²) in [6.07, 6.45) is 6.21. The molecule has 1 nitrogen and oxygen atoms in total. The van der Waals surface area contributed by atoms with Crippen LogP contribution in [0.4, 0.5) is 0 Å². The summed E-state index contributed by atoms with van der Waals surface area (Å²) in [5.74, 6) is 0.301. The van der Waals surface area contributed by atoms with Crippen LogP contribution in [0.2, 0.25) is 0 Å². The Morgan fingerprint density at radius 2 is 2.22 bits per heavy atom. The fourth-order valence-corrected chi connectivity index (χ4v) is 1.06. The first-order valence-electron chi connectivity index (χ1n) is 3.19. The maximum atomic E-state index is 10.8. The highest BCUT2D eigenvalue weighted by Crippen LogP contribution is 2.19. The lowest BCUT2D eigenvalue weighted by Crippen LogP contribution is -1.89. The van der Waals surface area contributed by atoms with Gasteiger partial charge in [0.2, 0.25) is 0 Å². The van der Waals surface area contributed by atoms with E-state index in [1.807, 2.05) is 6.08 Å². The smallest absolute Gasteiger partial charge is 0.158 e.